The Labute approximate surface area is 227 Å². The van der Waals surface area contributed by atoms with Gasteiger partial charge in [-0.15, -0.1) is 0 Å². The van der Waals surface area contributed by atoms with Crippen molar-refractivity contribution in [3.05, 3.63) is 102 Å². The Kier molecular flexibility index (Phi) is 10.9. The molecule has 8 heteroatoms. The summed E-state index contributed by atoms with van der Waals surface area (Å²) in [6.07, 6.45) is 5.48. The molecule has 0 amide bonds. The molecule has 3 aromatic rings. The van der Waals surface area contributed by atoms with E-state index in [4.69, 9.17) is 23.7 Å². The lowest BCUT2D eigenvalue weighted by atomic mass is 10.2. The number of unbranched alkanes of at least 4 members (excludes halogenated alkanes) is 1. The highest BCUT2D eigenvalue weighted by atomic mass is 16.5. The maximum Gasteiger partial charge on any atom is 0.343 e. The van der Waals surface area contributed by atoms with Gasteiger partial charge in [0.05, 0.1) is 25.9 Å². The van der Waals surface area contributed by atoms with Gasteiger partial charge in [-0.1, -0.05) is 18.7 Å². The summed E-state index contributed by atoms with van der Waals surface area (Å²) in [5.41, 5.74) is 1.82. The third kappa shape index (κ3) is 9.51. The number of aryl methyl sites for hydroxylation is 1. The molecule has 0 radical (unpaired) electrons. The quantitative estimate of drug-likeness (QED) is 0.120. The summed E-state index contributed by atoms with van der Waals surface area (Å²) < 4.78 is 26.5. The van der Waals surface area contributed by atoms with Crippen molar-refractivity contribution in [2.75, 3.05) is 20.3 Å². The maximum absolute atomic E-state index is 12.6. The van der Waals surface area contributed by atoms with Crippen molar-refractivity contribution in [1.29, 1.82) is 0 Å². The first-order chi connectivity index (χ1) is 18.9. The summed E-state index contributed by atoms with van der Waals surface area (Å²) in [5, 5.41) is 0. The van der Waals surface area contributed by atoms with Crippen LogP contribution in [-0.2, 0) is 14.3 Å². The predicted octanol–water partition coefficient (Wildman–Crippen LogP) is 5.73. The molecule has 0 heterocycles. The summed E-state index contributed by atoms with van der Waals surface area (Å²) in [7, 11) is 1.59. The molecular weight excluding hydrogens is 500 g/mol. The van der Waals surface area contributed by atoms with Crippen LogP contribution < -0.4 is 18.9 Å². The van der Waals surface area contributed by atoms with Gasteiger partial charge < -0.3 is 23.7 Å². The number of carbonyl (C=O) groups is 3. The third-order valence-electron chi connectivity index (χ3n) is 5.40. The van der Waals surface area contributed by atoms with Gasteiger partial charge in [0.25, 0.3) is 0 Å². The second kappa shape index (κ2) is 14.8. The van der Waals surface area contributed by atoms with Crippen molar-refractivity contribution in [3.63, 3.8) is 0 Å². The van der Waals surface area contributed by atoms with Gasteiger partial charge in [0.1, 0.15) is 23.0 Å². The van der Waals surface area contributed by atoms with E-state index in [1.807, 2.05) is 12.1 Å². The van der Waals surface area contributed by atoms with E-state index < -0.39 is 17.9 Å². The lowest BCUT2D eigenvalue weighted by Gasteiger charge is -2.10. The van der Waals surface area contributed by atoms with Gasteiger partial charge in [0.2, 0.25) is 0 Å². The van der Waals surface area contributed by atoms with Gasteiger partial charge in [-0.25, -0.2) is 14.4 Å². The molecule has 0 aliphatic carbocycles. The zero-order valence-electron chi connectivity index (χ0n) is 21.9. The summed E-state index contributed by atoms with van der Waals surface area (Å²) >= 11 is 0. The lowest BCUT2D eigenvalue weighted by molar-refractivity contribution is -0.137. The Balaban J connectivity index is 1.46. The molecule has 0 fully saturated rings. The first-order valence-corrected chi connectivity index (χ1v) is 12.3. The first-order valence-electron chi connectivity index (χ1n) is 12.3. The minimum atomic E-state index is -0.530. The number of rotatable bonds is 13. The molecule has 0 aliphatic heterocycles. The molecule has 0 bridgehead atoms. The van der Waals surface area contributed by atoms with Crippen molar-refractivity contribution >= 4 is 24.0 Å². The van der Waals surface area contributed by atoms with Crippen molar-refractivity contribution < 1.29 is 38.1 Å². The van der Waals surface area contributed by atoms with Crippen LogP contribution in [0.2, 0.25) is 0 Å². The highest BCUT2D eigenvalue weighted by molar-refractivity contribution is 5.91. The zero-order valence-corrected chi connectivity index (χ0v) is 21.9. The van der Waals surface area contributed by atoms with Crippen molar-refractivity contribution in [2.24, 2.45) is 0 Å². The number of esters is 3. The van der Waals surface area contributed by atoms with Crippen LogP contribution in [0.25, 0.3) is 6.08 Å². The number of methoxy groups -OCH3 is 1. The van der Waals surface area contributed by atoms with E-state index in [0.717, 1.165) is 17.4 Å². The number of hydrogen-bond donors (Lipinski definition) is 0. The van der Waals surface area contributed by atoms with Gasteiger partial charge in [-0.05, 0) is 91.6 Å². The molecule has 0 spiro atoms. The molecule has 0 atom stereocenters. The zero-order chi connectivity index (χ0) is 28.0. The molecule has 0 saturated heterocycles. The Morgan fingerprint density at radius 2 is 1.46 bits per heavy atom. The van der Waals surface area contributed by atoms with Crippen LogP contribution in [0.3, 0.4) is 0 Å². The van der Waals surface area contributed by atoms with E-state index >= 15 is 0 Å². The molecule has 8 nitrogen and oxygen atoms in total. The topological polar surface area (TPSA) is 97.4 Å². The third-order valence-corrected chi connectivity index (χ3v) is 5.40. The molecule has 3 aromatic carbocycles. The van der Waals surface area contributed by atoms with Crippen LogP contribution in [0.5, 0.6) is 23.0 Å². The minimum Gasteiger partial charge on any atom is -0.497 e. The number of hydrogen-bond acceptors (Lipinski definition) is 8. The monoisotopic (exact) mass is 530 g/mol. The average molecular weight is 531 g/mol. The fraction of sp³-hybridized carbons (Fsp3) is 0.194. The Morgan fingerprint density at radius 1 is 0.795 bits per heavy atom. The Morgan fingerprint density at radius 3 is 2.13 bits per heavy atom. The molecule has 39 heavy (non-hydrogen) atoms. The highest BCUT2D eigenvalue weighted by Gasteiger charge is 2.12. The van der Waals surface area contributed by atoms with Gasteiger partial charge in [0.15, 0.2) is 0 Å². The van der Waals surface area contributed by atoms with E-state index in [9.17, 15) is 14.4 Å². The molecular formula is C31H30O8. The molecule has 0 unspecified atom stereocenters. The molecule has 0 aliphatic rings. The smallest absolute Gasteiger partial charge is 0.343 e. The van der Waals surface area contributed by atoms with E-state index in [2.05, 4.69) is 6.58 Å². The largest absolute Gasteiger partial charge is 0.497 e. The van der Waals surface area contributed by atoms with Crippen LogP contribution in [0.15, 0.2) is 85.5 Å². The second-order valence-electron chi connectivity index (χ2n) is 8.30. The van der Waals surface area contributed by atoms with Crippen LogP contribution >= 0.6 is 0 Å². The van der Waals surface area contributed by atoms with Crippen LogP contribution in [0, 0.1) is 6.92 Å². The van der Waals surface area contributed by atoms with Gasteiger partial charge in [-0.2, -0.15) is 0 Å². The van der Waals surface area contributed by atoms with Gasteiger partial charge in [0, 0.05) is 12.2 Å². The molecule has 3 rings (SSSR count). The fourth-order valence-corrected chi connectivity index (χ4v) is 3.30. The van der Waals surface area contributed by atoms with Gasteiger partial charge >= 0.3 is 17.9 Å². The van der Waals surface area contributed by atoms with E-state index in [-0.39, 0.29) is 0 Å². The number of ether oxygens (including phenoxy) is 5. The predicted molar refractivity (Wildman–Crippen MR) is 146 cm³/mol. The standard InChI is InChI=1S/C31H30O8/c1-4-29(32)37-20-6-5-19-36-26-14-10-24(11-15-26)31(34)38-27-16-17-28(22(2)21-27)39-30(33)18-9-23-7-12-25(35-3)13-8-23/h4,7-18,21H,1,5-6,19-20H2,2-3H3/b18-9+. The summed E-state index contributed by atoms with van der Waals surface area (Å²) in [6.45, 7) is 5.85. The molecule has 202 valence electrons. The van der Waals surface area contributed by atoms with Crippen LogP contribution in [-0.4, -0.2) is 38.2 Å². The summed E-state index contributed by atoms with van der Waals surface area (Å²) in [6, 6.07) is 18.6. The highest BCUT2D eigenvalue weighted by Crippen LogP contribution is 2.25. The van der Waals surface area contributed by atoms with E-state index in [1.54, 1.807) is 74.7 Å². The van der Waals surface area contributed by atoms with Crippen molar-refractivity contribution in [1.82, 2.24) is 0 Å². The summed E-state index contributed by atoms with van der Waals surface area (Å²) in [5.74, 6) is 0.517. The number of carbonyl (C=O) groups excluding carboxylic acids is 3. The molecule has 0 N–H and O–H groups in total. The fourth-order valence-electron chi connectivity index (χ4n) is 3.30. The van der Waals surface area contributed by atoms with Crippen LogP contribution in [0.1, 0.15) is 34.3 Å². The Bertz CT molecular complexity index is 1310. The normalized spacial score (nSPS) is 10.5. The van der Waals surface area contributed by atoms with E-state index in [1.165, 1.54) is 6.08 Å². The molecule has 0 aromatic heterocycles. The van der Waals surface area contributed by atoms with Crippen LogP contribution in [0.4, 0.5) is 0 Å². The van der Waals surface area contributed by atoms with Crippen molar-refractivity contribution in [2.45, 2.75) is 19.8 Å². The average Bonchev–Trinajstić information content (AvgIpc) is 2.95. The van der Waals surface area contributed by atoms with Crippen molar-refractivity contribution in [3.8, 4) is 23.0 Å². The Hall–Kier alpha value is -4.85. The van der Waals surface area contributed by atoms with Gasteiger partial charge in [-0.3, -0.25) is 0 Å². The first kappa shape index (κ1) is 28.7. The second-order valence-corrected chi connectivity index (χ2v) is 8.30. The minimum absolute atomic E-state index is 0.309. The van der Waals surface area contributed by atoms with E-state index in [0.29, 0.717) is 54.4 Å². The lowest BCUT2D eigenvalue weighted by Crippen LogP contribution is -2.09. The number of benzene rings is 3. The summed E-state index contributed by atoms with van der Waals surface area (Å²) in [4.78, 5) is 35.8. The maximum atomic E-state index is 12.6. The SMILES string of the molecule is C=CC(=O)OCCCCOc1ccc(C(=O)Oc2ccc(OC(=O)/C=C/c3ccc(OC)cc3)c(C)c2)cc1. The molecule has 0 saturated carbocycles.